The van der Waals surface area contributed by atoms with Gasteiger partial charge in [-0.15, -0.1) is 0 Å². The van der Waals surface area contributed by atoms with E-state index in [0.717, 1.165) is 5.56 Å². The Morgan fingerprint density at radius 1 is 1.15 bits per heavy atom. The first-order valence-corrected chi connectivity index (χ1v) is 8.44. The second-order valence-corrected chi connectivity index (χ2v) is 5.76. The molecule has 7 heteroatoms. The summed E-state index contributed by atoms with van der Waals surface area (Å²) in [5.74, 6) is 1.20. The molecule has 0 saturated heterocycles. The number of nitrogens with zero attached hydrogens (tertiary/aromatic N) is 1. The molecule has 0 bridgehead atoms. The third-order valence-electron chi connectivity index (χ3n) is 3.83. The van der Waals surface area contributed by atoms with E-state index in [1.54, 1.807) is 44.6 Å². The summed E-state index contributed by atoms with van der Waals surface area (Å²) in [4.78, 5) is 12.2. The first kappa shape index (κ1) is 20.1. The molecule has 0 aliphatic heterocycles. The van der Waals surface area contributed by atoms with E-state index in [4.69, 9.17) is 19.5 Å². The lowest BCUT2D eigenvalue weighted by Crippen LogP contribution is -2.31. The van der Waals surface area contributed by atoms with Crippen LogP contribution in [-0.4, -0.2) is 33.5 Å². The summed E-state index contributed by atoms with van der Waals surface area (Å²) in [5, 5.41) is 14.5. The summed E-state index contributed by atoms with van der Waals surface area (Å²) < 4.78 is 15.9. The zero-order valence-corrected chi connectivity index (χ0v) is 15.6. The fourth-order valence-corrected chi connectivity index (χ4v) is 2.42. The van der Waals surface area contributed by atoms with Crippen molar-refractivity contribution in [3.05, 3.63) is 53.6 Å². The zero-order chi connectivity index (χ0) is 19.6. The van der Waals surface area contributed by atoms with Crippen molar-refractivity contribution >= 4 is 11.7 Å². The average Bonchev–Trinajstić information content (AvgIpc) is 2.68. The summed E-state index contributed by atoms with van der Waals surface area (Å²) >= 11 is 0. The van der Waals surface area contributed by atoms with Crippen LogP contribution in [-0.2, 0) is 4.74 Å². The van der Waals surface area contributed by atoms with Gasteiger partial charge in [-0.25, -0.2) is 4.79 Å². The number of ether oxygens (including phenoxy) is 3. The first-order valence-electron chi connectivity index (χ1n) is 8.44. The molecule has 0 radical (unpaired) electrons. The quantitative estimate of drug-likeness (QED) is 0.695. The third-order valence-corrected chi connectivity index (χ3v) is 3.83. The molecule has 0 saturated carbocycles. The smallest absolute Gasteiger partial charge is 0.319 e. The van der Waals surface area contributed by atoms with Crippen LogP contribution in [0.2, 0.25) is 0 Å². The van der Waals surface area contributed by atoms with Gasteiger partial charge in [-0.2, -0.15) is 5.26 Å². The van der Waals surface area contributed by atoms with Crippen molar-refractivity contribution in [1.82, 2.24) is 5.32 Å². The fourth-order valence-electron chi connectivity index (χ4n) is 2.42. The number of hydrogen-bond donors (Lipinski definition) is 2. The predicted molar refractivity (Wildman–Crippen MR) is 102 cm³/mol. The molecule has 2 aromatic carbocycles. The van der Waals surface area contributed by atoms with E-state index in [9.17, 15) is 4.79 Å². The maximum atomic E-state index is 12.2. The van der Waals surface area contributed by atoms with Crippen molar-refractivity contribution in [2.45, 2.75) is 13.0 Å². The number of anilines is 1. The van der Waals surface area contributed by atoms with Crippen LogP contribution in [0.15, 0.2) is 42.5 Å². The first-order chi connectivity index (χ1) is 13.1. The van der Waals surface area contributed by atoms with Crippen molar-refractivity contribution < 1.29 is 19.0 Å². The highest BCUT2D eigenvalue weighted by Gasteiger charge is 2.13. The summed E-state index contributed by atoms with van der Waals surface area (Å²) in [5.41, 5.74) is 1.90. The van der Waals surface area contributed by atoms with Crippen LogP contribution in [0.4, 0.5) is 10.5 Å². The molecule has 7 nitrogen and oxygen atoms in total. The number of benzene rings is 2. The Labute approximate surface area is 158 Å². The normalized spacial score (nSPS) is 11.2. The zero-order valence-electron chi connectivity index (χ0n) is 15.6. The highest BCUT2D eigenvalue weighted by atomic mass is 16.5. The summed E-state index contributed by atoms with van der Waals surface area (Å²) in [6.07, 6.45) is 0. The molecule has 142 valence electrons. The molecule has 1 unspecified atom stereocenters. The van der Waals surface area contributed by atoms with Crippen LogP contribution in [0.5, 0.6) is 11.5 Å². The Balaban J connectivity index is 2.00. The number of rotatable bonds is 8. The summed E-state index contributed by atoms with van der Waals surface area (Å²) in [7, 11) is 3.17. The van der Waals surface area contributed by atoms with E-state index in [0.29, 0.717) is 36.0 Å². The molecular formula is C20H23N3O4. The van der Waals surface area contributed by atoms with Gasteiger partial charge in [0.2, 0.25) is 0 Å². The van der Waals surface area contributed by atoms with E-state index < -0.39 is 0 Å². The van der Waals surface area contributed by atoms with E-state index in [2.05, 4.69) is 10.6 Å². The molecule has 0 aliphatic carbocycles. The van der Waals surface area contributed by atoms with Crippen molar-refractivity contribution in [1.29, 1.82) is 5.26 Å². The Bertz CT molecular complexity index is 817. The molecule has 0 fully saturated rings. The van der Waals surface area contributed by atoms with Gasteiger partial charge in [0.1, 0.15) is 6.61 Å². The standard InChI is InChI=1S/C20H23N3O4/c1-14(22-20(24)23-17-6-4-5-15(11-17)13-21)16-7-8-18(19(12-16)26-3)27-10-9-25-2/h4-8,11-12,14H,9-10H2,1-3H3,(H2,22,23,24). The predicted octanol–water partition coefficient (Wildman–Crippen LogP) is 3.47. The topological polar surface area (TPSA) is 92.6 Å². The van der Waals surface area contributed by atoms with Crippen LogP contribution in [0.1, 0.15) is 24.1 Å². The Kier molecular flexibility index (Phi) is 7.47. The molecule has 27 heavy (non-hydrogen) atoms. The number of nitrogens with one attached hydrogen (secondary N) is 2. The number of nitriles is 1. The Morgan fingerprint density at radius 2 is 1.96 bits per heavy atom. The SMILES string of the molecule is COCCOc1ccc(C(C)NC(=O)Nc2cccc(C#N)c2)cc1OC. The second kappa shape index (κ2) is 10.0. The molecule has 0 aliphatic rings. The molecule has 2 N–H and O–H groups in total. The number of methoxy groups -OCH3 is 2. The molecule has 0 spiro atoms. The molecule has 2 aromatic rings. The second-order valence-electron chi connectivity index (χ2n) is 5.76. The Morgan fingerprint density at radius 3 is 2.67 bits per heavy atom. The van der Waals surface area contributed by atoms with E-state index >= 15 is 0 Å². The minimum Gasteiger partial charge on any atom is -0.493 e. The number of urea groups is 1. The van der Waals surface area contributed by atoms with Crippen molar-refractivity contribution in [3.63, 3.8) is 0 Å². The maximum Gasteiger partial charge on any atom is 0.319 e. The highest BCUT2D eigenvalue weighted by molar-refractivity contribution is 5.89. The minimum atomic E-state index is -0.364. The van der Waals surface area contributed by atoms with Crippen molar-refractivity contribution in [3.8, 4) is 17.6 Å². The molecule has 0 aromatic heterocycles. The number of hydrogen-bond acceptors (Lipinski definition) is 5. The molecule has 0 heterocycles. The lowest BCUT2D eigenvalue weighted by molar-refractivity contribution is 0.144. The third kappa shape index (κ3) is 5.90. The van der Waals surface area contributed by atoms with E-state index in [1.807, 2.05) is 25.1 Å². The maximum absolute atomic E-state index is 12.2. The lowest BCUT2D eigenvalue weighted by atomic mass is 10.1. The average molecular weight is 369 g/mol. The lowest BCUT2D eigenvalue weighted by Gasteiger charge is -2.17. The van der Waals surface area contributed by atoms with Crippen LogP contribution >= 0.6 is 0 Å². The van der Waals surface area contributed by atoms with Gasteiger partial charge in [-0.1, -0.05) is 12.1 Å². The van der Waals surface area contributed by atoms with Crippen LogP contribution in [0.25, 0.3) is 0 Å². The molecule has 2 amide bonds. The largest absolute Gasteiger partial charge is 0.493 e. The van der Waals surface area contributed by atoms with Crippen molar-refractivity contribution in [2.75, 3.05) is 32.8 Å². The molecular weight excluding hydrogens is 346 g/mol. The number of carbonyl (C=O) groups excluding carboxylic acids is 1. The van der Waals surface area contributed by atoms with Gasteiger partial charge in [-0.05, 0) is 42.8 Å². The van der Waals surface area contributed by atoms with Gasteiger partial charge in [0, 0.05) is 12.8 Å². The van der Waals surface area contributed by atoms with E-state index in [1.165, 1.54) is 0 Å². The van der Waals surface area contributed by atoms with Gasteiger partial charge < -0.3 is 24.8 Å². The van der Waals surface area contributed by atoms with Gasteiger partial charge in [0.05, 0.1) is 31.4 Å². The van der Waals surface area contributed by atoms with Gasteiger partial charge in [-0.3, -0.25) is 0 Å². The van der Waals surface area contributed by atoms with Crippen LogP contribution in [0.3, 0.4) is 0 Å². The monoisotopic (exact) mass is 369 g/mol. The molecule has 1 atom stereocenters. The van der Waals surface area contributed by atoms with Gasteiger partial charge in [0.25, 0.3) is 0 Å². The molecule has 2 rings (SSSR count). The van der Waals surface area contributed by atoms with Gasteiger partial charge >= 0.3 is 6.03 Å². The number of amides is 2. The number of carbonyl (C=O) groups is 1. The Hall–Kier alpha value is -3.24. The summed E-state index contributed by atoms with van der Waals surface area (Å²) in [6, 6.07) is 13.6. The van der Waals surface area contributed by atoms with Crippen molar-refractivity contribution in [2.24, 2.45) is 0 Å². The van der Waals surface area contributed by atoms with Crippen LogP contribution in [0, 0.1) is 11.3 Å². The fraction of sp³-hybridized carbons (Fsp3) is 0.300. The van der Waals surface area contributed by atoms with Crippen LogP contribution < -0.4 is 20.1 Å². The minimum absolute atomic E-state index is 0.258. The van der Waals surface area contributed by atoms with E-state index in [-0.39, 0.29) is 12.1 Å². The summed E-state index contributed by atoms with van der Waals surface area (Å²) in [6.45, 7) is 2.77. The van der Waals surface area contributed by atoms with Gasteiger partial charge in [0.15, 0.2) is 11.5 Å². The highest BCUT2D eigenvalue weighted by Crippen LogP contribution is 2.30.